The van der Waals surface area contributed by atoms with Gasteiger partial charge in [0.25, 0.3) is 0 Å². The lowest BCUT2D eigenvalue weighted by Gasteiger charge is -2.36. The van der Waals surface area contributed by atoms with Crippen molar-refractivity contribution in [2.24, 2.45) is 10.7 Å². The highest BCUT2D eigenvalue weighted by Crippen LogP contribution is 2.26. The molecule has 16 heavy (non-hydrogen) atoms. The van der Waals surface area contributed by atoms with Crippen molar-refractivity contribution >= 4 is 6.21 Å². The molecule has 3 N–H and O–H groups in total. The highest BCUT2D eigenvalue weighted by molar-refractivity contribution is 5.76. The van der Waals surface area contributed by atoms with Crippen molar-refractivity contribution in [2.45, 2.75) is 18.5 Å². The molecule has 0 fully saturated rings. The van der Waals surface area contributed by atoms with Crippen LogP contribution in [0.3, 0.4) is 0 Å². The van der Waals surface area contributed by atoms with Gasteiger partial charge in [-0.1, -0.05) is 18.2 Å². The summed E-state index contributed by atoms with van der Waals surface area (Å²) in [6, 6.07) is 6.29. The predicted octanol–water partition coefficient (Wildman–Crippen LogP) is 1.51. The monoisotopic (exact) mass is 219 g/mol. The molecule has 0 amide bonds. The number of halogens is 1. The highest BCUT2D eigenvalue weighted by atomic mass is 19.1. The average Bonchev–Trinajstić information content (AvgIpc) is 2.30. The van der Waals surface area contributed by atoms with Crippen molar-refractivity contribution in [2.75, 3.05) is 0 Å². The molecule has 1 aliphatic rings. The number of hydrogen-bond acceptors (Lipinski definition) is 3. The molecule has 0 bridgehead atoms. The third kappa shape index (κ3) is 1.61. The summed E-state index contributed by atoms with van der Waals surface area (Å²) in [5, 5.41) is 3.09. The molecule has 0 saturated heterocycles. The van der Waals surface area contributed by atoms with Crippen molar-refractivity contribution in [1.29, 1.82) is 0 Å². The molecule has 1 aromatic rings. The second kappa shape index (κ2) is 4.06. The Bertz CT molecular complexity index is 440. The predicted molar refractivity (Wildman–Crippen MR) is 62.5 cm³/mol. The van der Waals surface area contributed by atoms with E-state index in [1.54, 1.807) is 36.8 Å². The summed E-state index contributed by atoms with van der Waals surface area (Å²) >= 11 is 0. The molecule has 0 aliphatic carbocycles. The van der Waals surface area contributed by atoms with Gasteiger partial charge in [-0.3, -0.25) is 4.99 Å². The van der Waals surface area contributed by atoms with E-state index in [0.717, 1.165) is 0 Å². The molecular weight excluding hydrogens is 205 g/mol. The number of nitrogens with zero attached hydrogens (tertiary/aromatic N) is 1. The van der Waals surface area contributed by atoms with Crippen molar-refractivity contribution in [1.82, 2.24) is 5.32 Å². The second-order valence-electron chi connectivity index (χ2n) is 3.88. The molecule has 2 rings (SSSR count). The minimum atomic E-state index is -0.764. The molecule has 1 aromatic carbocycles. The molecule has 0 aromatic heterocycles. The van der Waals surface area contributed by atoms with Gasteiger partial charge < -0.3 is 11.1 Å². The highest BCUT2D eigenvalue weighted by Gasteiger charge is 2.36. The third-order valence-corrected chi connectivity index (χ3v) is 2.80. The van der Waals surface area contributed by atoms with Crippen LogP contribution in [0.4, 0.5) is 4.39 Å². The van der Waals surface area contributed by atoms with Crippen LogP contribution in [0.25, 0.3) is 0 Å². The second-order valence-corrected chi connectivity index (χ2v) is 3.88. The summed E-state index contributed by atoms with van der Waals surface area (Å²) in [6.45, 7) is 1.82. The minimum absolute atomic E-state index is 0.283. The largest absolute Gasteiger partial charge is 0.374 e. The summed E-state index contributed by atoms with van der Waals surface area (Å²) in [7, 11) is 0. The Kier molecular flexibility index (Phi) is 2.75. The maximum atomic E-state index is 13.8. The molecule has 0 spiro atoms. The Morgan fingerprint density at radius 3 is 2.75 bits per heavy atom. The number of benzene rings is 1. The fourth-order valence-corrected chi connectivity index (χ4v) is 1.85. The molecule has 4 heteroatoms. The van der Waals surface area contributed by atoms with Crippen LogP contribution in [0.5, 0.6) is 0 Å². The van der Waals surface area contributed by atoms with Crippen molar-refractivity contribution in [3.8, 4) is 0 Å². The van der Waals surface area contributed by atoms with Gasteiger partial charge in [-0.05, 0) is 13.0 Å². The van der Waals surface area contributed by atoms with Crippen LogP contribution in [0.15, 0.2) is 41.7 Å². The van der Waals surface area contributed by atoms with E-state index in [2.05, 4.69) is 10.3 Å². The van der Waals surface area contributed by atoms with Gasteiger partial charge in [0.1, 0.15) is 11.4 Å². The lowest BCUT2D eigenvalue weighted by molar-refractivity contribution is 0.415. The molecule has 0 radical (unpaired) electrons. The Hall–Kier alpha value is -1.68. The Balaban J connectivity index is 2.53. The SMILES string of the molecule is CC(N)C1(c2ccccc2F)C=NC=CN1. The van der Waals surface area contributed by atoms with Gasteiger partial charge in [0.15, 0.2) is 0 Å². The maximum absolute atomic E-state index is 13.8. The fraction of sp³-hybridized carbons (Fsp3) is 0.250. The Morgan fingerprint density at radius 2 is 2.19 bits per heavy atom. The molecule has 1 aliphatic heterocycles. The van der Waals surface area contributed by atoms with E-state index in [-0.39, 0.29) is 11.9 Å². The van der Waals surface area contributed by atoms with Gasteiger partial charge in [0, 0.05) is 30.2 Å². The van der Waals surface area contributed by atoms with Gasteiger partial charge in [-0.15, -0.1) is 0 Å². The van der Waals surface area contributed by atoms with Crippen LogP contribution in [-0.4, -0.2) is 12.3 Å². The van der Waals surface area contributed by atoms with Crippen LogP contribution < -0.4 is 11.1 Å². The first-order chi connectivity index (χ1) is 7.67. The molecule has 84 valence electrons. The summed E-state index contributed by atoms with van der Waals surface area (Å²) in [5.74, 6) is -0.283. The lowest BCUT2D eigenvalue weighted by Crippen LogP contribution is -2.55. The minimum Gasteiger partial charge on any atom is -0.374 e. The van der Waals surface area contributed by atoms with Gasteiger partial charge >= 0.3 is 0 Å². The van der Waals surface area contributed by atoms with Crippen LogP contribution in [0, 0.1) is 5.82 Å². The van der Waals surface area contributed by atoms with Gasteiger partial charge in [0.2, 0.25) is 0 Å². The molecule has 3 nitrogen and oxygen atoms in total. The van der Waals surface area contributed by atoms with E-state index < -0.39 is 5.54 Å². The maximum Gasteiger partial charge on any atom is 0.129 e. The first kappa shape index (κ1) is 10.8. The topological polar surface area (TPSA) is 50.4 Å². The zero-order valence-corrected chi connectivity index (χ0v) is 9.02. The summed E-state index contributed by atoms with van der Waals surface area (Å²) in [5.41, 5.74) is 5.70. The summed E-state index contributed by atoms with van der Waals surface area (Å²) in [4.78, 5) is 4.05. The average molecular weight is 219 g/mol. The van der Waals surface area contributed by atoms with Gasteiger partial charge in [-0.2, -0.15) is 0 Å². The van der Waals surface area contributed by atoms with E-state index in [0.29, 0.717) is 5.56 Å². The quantitative estimate of drug-likeness (QED) is 0.792. The zero-order chi connectivity index (χ0) is 11.6. The van der Waals surface area contributed by atoms with E-state index in [4.69, 9.17) is 5.73 Å². The first-order valence-electron chi connectivity index (χ1n) is 5.14. The normalized spacial score (nSPS) is 25.2. The van der Waals surface area contributed by atoms with E-state index in [1.165, 1.54) is 6.07 Å². The van der Waals surface area contributed by atoms with Gasteiger partial charge in [0.05, 0.1) is 0 Å². The summed E-state index contributed by atoms with van der Waals surface area (Å²) in [6.07, 6.45) is 4.94. The lowest BCUT2D eigenvalue weighted by atomic mass is 9.84. The Labute approximate surface area is 93.9 Å². The van der Waals surface area contributed by atoms with E-state index in [9.17, 15) is 4.39 Å². The molecule has 2 unspecified atom stereocenters. The first-order valence-corrected chi connectivity index (χ1v) is 5.14. The molecule has 0 saturated carbocycles. The van der Waals surface area contributed by atoms with Crippen molar-refractivity contribution in [3.05, 3.63) is 48.0 Å². The Morgan fingerprint density at radius 1 is 1.44 bits per heavy atom. The van der Waals surface area contributed by atoms with Crippen LogP contribution >= 0.6 is 0 Å². The van der Waals surface area contributed by atoms with E-state index in [1.807, 2.05) is 6.92 Å². The smallest absolute Gasteiger partial charge is 0.129 e. The molecular formula is C12H14FN3. The van der Waals surface area contributed by atoms with E-state index >= 15 is 0 Å². The number of hydrogen-bond donors (Lipinski definition) is 2. The third-order valence-electron chi connectivity index (χ3n) is 2.80. The number of rotatable bonds is 2. The molecule has 1 heterocycles. The van der Waals surface area contributed by atoms with Crippen LogP contribution in [0.1, 0.15) is 12.5 Å². The molecule has 2 atom stereocenters. The van der Waals surface area contributed by atoms with Gasteiger partial charge in [-0.25, -0.2) is 4.39 Å². The van der Waals surface area contributed by atoms with Crippen LogP contribution in [0.2, 0.25) is 0 Å². The van der Waals surface area contributed by atoms with Crippen molar-refractivity contribution in [3.63, 3.8) is 0 Å². The number of nitrogens with two attached hydrogens (primary N) is 1. The number of nitrogens with one attached hydrogen (secondary N) is 1. The van der Waals surface area contributed by atoms with Crippen LogP contribution in [-0.2, 0) is 5.54 Å². The summed E-state index contributed by atoms with van der Waals surface area (Å²) < 4.78 is 13.8. The number of aliphatic imine (C=N–C) groups is 1. The zero-order valence-electron chi connectivity index (χ0n) is 9.02. The van der Waals surface area contributed by atoms with Crippen molar-refractivity contribution < 1.29 is 4.39 Å². The fourth-order valence-electron chi connectivity index (χ4n) is 1.85. The standard InChI is InChI=1S/C12H14FN3/c1-9(14)12(8-15-6-7-16-12)10-4-2-3-5-11(10)13/h2-9,16H,14H2,1H3.